The lowest BCUT2D eigenvalue weighted by Gasteiger charge is -2.35. The predicted octanol–water partition coefficient (Wildman–Crippen LogP) is 2.10. The molecule has 1 saturated heterocycles. The Labute approximate surface area is 133 Å². The van der Waals surface area contributed by atoms with Gasteiger partial charge in [0.05, 0.1) is 17.4 Å². The number of unbranched alkanes of at least 4 members (excludes halogenated alkanes) is 1. The van der Waals surface area contributed by atoms with E-state index in [1.54, 1.807) is 11.1 Å². The topological polar surface area (TPSA) is 39.7 Å². The Morgan fingerprint density at radius 3 is 2.59 bits per heavy atom. The molecule has 0 atom stereocenters. The average Bonchev–Trinajstić information content (AvgIpc) is 2.59. The zero-order valence-corrected chi connectivity index (χ0v) is 14.1. The summed E-state index contributed by atoms with van der Waals surface area (Å²) in [6.45, 7) is 10.4. The van der Waals surface area contributed by atoms with Gasteiger partial charge < -0.3 is 14.7 Å². The summed E-state index contributed by atoms with van der Waals surface area (Å²) in [6, 6.07) is 1.99. The summed E-state index contributed by atoms with van der Waals surface area (Å²) in [6.07, 6.45) is 5.67. The Kier molecular flexibility index (Phi) is 6.19. The van der Waals surface area contributed by atoms with Crippen molar-refractivity contribution in [3.63, 3.8) is 0 Å². The quantitative estimate of drug-likeness (QED) is 0.807. The number of aromatic nitrogens is 1. The molecular weight excluding hydrogens is 276 g/mol. The van der Waals surface area contributed by atoms with E-state index in [-0.39, 0.29) is 5.91 Å². The fourth-order valence-corrected chi connectivity index (χ4v) is 2.76. The Bertz CT molecular complexity index is 483. The van der Waals surface area contributed by atoms with Crippen molar-refractivity contribution < 1.29 is 4.79 Å². The molecule has 0 spiro atoms. The SMILES string of the molecule is CCCCN(C)C(=O)c1cncc(N2CCN(CC)CC2)c1. The van der Waals surface area contributed by atoms with Crippen LogP contribution in [0.15, 0.2) is 18.5 Å². The number of hydrogen-bond acceptors (Lipinski definition) is 4. The van der Waals surface area contributed by atoms with E-state index in [1.807, 2.05) is 19.3 Å². The Morgan fingerprint density at radius 2 is 1.95 bits per heavy atom. The van der Waals surface area contributed by atoms with E-state index in [0.717, 1.165) is 57.8 Å². The summed E-state index contributed by atoms with van der Waals surface area (Å²) in [7, 11) is 1.87. The monoisotopic (exact) mass is 304 g/mol. The van der Waals surface area contributed by atoms with E-state index in [0.29, 0.717) is 5.56 Å². The molecular formula is C17H28N4O. The lowest BCUT2D eigenvalue weighted by Crippen LogP contribution is -2.46. The minimum Gasteiger partial charge on any atom is -0.368 e. The van der Waals surface area contributed by atoms with Crippen LogP contribution >= 0.6 is 0 Å². The molecule has 2 rings (SSSR count). The highest BCUT2D eigenvalue weighted by molar-refractivity contribution is 5.94. The Hall–Kier alpha value is -1.62. The van der Waals surface area contributed by atoms with E-state index in [4.69, 9.17) is 0 Å². The summed E-state index contributed by atoms with van der Waals surface area (Å²) >= 11 is 0. The molecule has 122 valence electrons. The van der Waals surface area contributed by atoms with Crippen LogP contribution in [-0.2, 0) is 0 Å². The van der Waals surface area contributed by atoms with Gasteiger partial charge >= 0.3 is 0 Å². The second kappa shape index (κ2) is 8.13. The third kappa shape index (κ3) is 4.19. The van der Waals surface area contributed by atoms with Gasteiger partial charge in [0.1, 0.15) is 0 Å². The molecule has 1 aliphatic rings. The van der Waals surface area contributed by atoms with E-state index < -0.39 is 0 Å². The van der Waals surface area contributed by atoms with Crippen molar-refractivity contribution in [2.45, 2.75) is 26.7 Å². The third-order valence-corrected chi connectivity index (χ3v) is 4.35. The minimum atomic E-state index is 0.0648. The highest BCUT2D eigenvalue weighted by Gasteiger charge is 2.18. The summed E-state index contributed by atoms with van der Waals surface area (Å²) in [5.74, 6) is 0.0648. The van der Waals surface area contributed by atoms with Gasteiger partial charge in [-0.2, -0.15) is 0 Å². The molecule has 0 N–H and O–H groups in total. The fraction of sp³-hybridized carbons (Fsp3) is 0.647. The number of anilines is 1. The standard InChI is InChI=1S/C17H28N4O/c1-4-6-7-19(3)17(22)15-12-16(14-18-13-15)21-10-8-20(5-2)9-11-21/h12-14H,4-11H2,1-3H3. The molecule has 1 amide bonds. The van der Waals surface area contributed by atoms with E-state index in [9.17, 15) is 4.79 Å². The highest BCUT2D eigenvalue weighted by atomic mass is 16.2. The van der Waals surface area contributed by atoms with E-state index in [2.05, 4.69) is 28.6 Å². The zero-order chi connectivity index (χ0) is 15.9. The van der Waals surface area contributed by atoms with Crippen molar-refractivity contribution in [1.29, 1.82) is 0 Å². The molecule has 0 saturated carbocycles. The maximum absolute atomic E-state index is 12.4. The van der Waals surface area contributed by atoms with Crippen LogP contribution in [-0.4, -0.2) is 67.0 Å². The first-order valence-electron chi connectivity index (χ1n) is 8.33. The first kappa shape index (κ1) is 16.7. The second-order valence-corrected chi connectivity index (χ2v) is 5.93. The van der Waals surface area contributed by atoms with Crippen molar-refractivity contribution in [3.05, 3.63) is 24.0 Å². The molecule has 0 unspecified atom stereocenters. The zero-order valence-electron chi connectivity index (χ0n) is 14.1. The average molecular weight is 304 g/mol. The minimum absolute atomic E-state index is 0.0648. The van der Waals surface area contributed by atoms with Crippen LogP contribution in [0.5, 0.6) is 0 Å². The van der Waals surface area contributed by atoms with Crippen molar-refractivity contribution in [2.75, 3.05) is 51.2 Å². The summed E-state index contributed by atoms with van der Waals surface area (Å²) < 4.78 is 0. The third-order valence-electron chi connectivity index (χ3n) is 4.35. The van der Waals surface area contributed by atoms with Crippen molar-refractivity contribution >= 4 is 11.6 Å². The first-order valence-corrected chi connectivity index (χ1v) is 8.33. The molecule has 2 heterocycles. The molecule has 0 bridgehead atoms. The molecule has 0 aliphatic carbocycles. The molecule has 1 aromatic heterocycles. The van der Waals surface area contributed by atoms with Gasteiger partial charge in [0.15, 0.2) is 0 Å². The van der Waals surface area contributed by atoms with Crippen LogP contribution in [0.2, 0.25) is 0 Å². The number of amides is 1. The van der Waals surface area contributed by atoms with Crippen LogP contribution in [0.3, 0.4) is 0 Å². The molecule has 1 aliphatic heterocycles. The van der Waals surface area contributed by atoms with Gasteiger partial charge in [-0.25, -0.2) is 0 Å². The van der Waals surface area contributed by atoms with Crippen LogP contribution in [0, 0.1) is 0 Å². The summed E-state index contributed by atoms with van der Waals surface area (Å²) in [4.78, 5) is 23.3. The normalized spacial score (nSPS) is 15.9. The number of likely N-dealkylation sites (N-methyl/N-ethyl adjacent to an activating group) is 1. The maximum atomic E-state index is 12.4. The van der Waals surface area contributed by atoms with Gasteiger partial charge in [0.2, 0.25) is 0 Å². The number of pyridine rings is 1. The van der Waals surface area contributed by atoms with Crippen LogP contribution in [0.4, 0.5) is 5.69 Å². The van der Waals surface area contributed by atoms with Gasteiger partial charge in [-0.1, -0.05) is 20.3 Å². The predicted molar refractivity (Wildman–Crippen MR) is 90.4 cm³/mol. The number of carbonyl (C=O) groups is 1. The van der Waals surface area contributed by atoms with Gasteiger partial charge in [0.25, 0.3) is 5.91 Å². The number of nitrogens with zero attached hydrogens (tertiary/aromatic N) is 4. The Morgan fingerprint density at radius 1 is 1.23 bits per heavy atom. The number of rotatable bonds is 6. The van der Waals surface area contributed by atoms with Gasteiger partial charge in [-0.3, -0.25) is 9.78 Å². The van der Waals surface area contributed by atoms with Crippen molar-refractivity contribution in [2.24, 2.45) is 0 Å². The molecule has 5 heteroatoms. The van der Waals surface area contributed by atoms with Crippen LogP contribution in [0.25, 0.3) is 0 Å². The summed E-state index contributed by atoms with van der Waals surface area (Å²) in [5, 5.41) is 0. The maximum Gasteiger partial charge on any atom is 0.255 e. The largest absolute Gasteiger partial charge is 0.368 e. The van der Waals surface area contributed by atoms with Gasteiger partial charge in [0, 0.05) is 46.0 Å². The van der Waals surface area contributed by atoms with E-state index in [1.165, 1.54) is 0 Å². The lowest BCUT2D eigenvalue weighted by molar-refractivity contribution is 0.0793. The second-order valence-electron chi connectivity index (χ2n) is 5.93. The molecule has 0 aromatic carbocycles. The number of carbonyl (C=O) groups excluding carboxylic acids is 1. The molecule has 5 nitrogen and oxygen atoms in total. The highest BCUT2D eigenvalue weighted by Crippen LogP contribution is 2.17. The summed E-state index contributed by atoms with van der Waals surface area (Å²) in [5.41, 5.74) is 1.75. The van der Waals surface area contributed by atoms with Crippen molar-refractivity contribution in [1.82, 2.24) is 14.8 Å². The van der Waals surface area contributed by atoms with Crippen LogP contribution in [0.1, 0.15) is 37.0 Å². The van der Waals surface area contributed by atoms with E-state index >= 15 is 0 Å². The molecule has 0 radical (unpaired) electrons. The van der Waals surface area contributed by atoms with Crippen LogP contribution < -0.4 is 4.90 Å². The van der Waals surface area contributed by atoms with Gasteiger partial charge in [-0.05, 0) is 19.0 Å². The number of hydrogen-bond donors (Lipinski definition) is 0. The van der Waals surface area contributed by atoms with Gasteiger partial charge in [-0.15, -0.1) is 0 Å². The lowest BCUT2D eigenvalue weighted by atomic mass is 10.2. The fourth-order valence-electron chi connectivity index (χ4n) is 2.76. The smallest absolute Gasteiger partial charge is 0.255 e. The molecule has 1 fully saturated rings. The Balaban J connectivity index is 2.02. The molecule has 22 heavy (non-hydrogen) atoms. The van der Waals surface area contributed by atoms with Crippen molar-refractivity contribution in [3.8, 4) is 0 Å². The number of piperazine rings is 1. The first-order chi connectivity index (χ1) is 10.7. The molecule has 1 aromatic rings.